The zero-order chi connectivity index (χ0) is 19.0. The summed E-state index contributed by atoms with van der Waals surface area (Å²) in [6.45, 7) is 5.33. The second-order valence-electron chi connectivity index (χ2n) is 5.66. The second-order valence-corrected chi connectivity index (χ2v) is 5.66. The Bertz CT molecular complexity index is 710. The van der Waals surface area contributed by atoms with E-state index in [4.69, 9.17) is 4.52 Å². The van der Waals surface area contributed by atoms with Crippen molar-refractivity contribution in [2.45, 2.75) is 39.4 Å². The first-order chi connectivity index (χ1) is 12.4. The van der Waals surface area contributed by atoms with Crippen LogP contribution in [0, 0.1) is 6.92 Å². The molecule has 26 heavy (non-hydrogen) atoms. The van der Waals surface area contributed by atoms with Crippen molar-refractivity contribution >= 4 is 5.96 Å². The first kappa shape index (κ1) is 19.7. The molecule has 2 aromatic rings. The second kappa shape index (κ2) is 9.21. The minimum atomic E-state index is -4.32. The Morgan fingerprint density at radius 3 is 2.50 bits per heavy atom. The molecule has 1 aromatic heterocycles. The van der Waals surface area contributed by atoms with Crippen LogP contribution in [0.15, 0.2) is 33.8 Å². The van der Waals surface area contributed by atoms with Gasteiger partial charge in [0, 0.05) is 19.5 Å². The fourth-order valence-electron chi connectivity index (χ4n) is 2.20. The third-order valence-electron chi connectivity index (χ3n) is 3.47. The third-order valence-corrected chi connectivity index (χ3v) is 3.47. The van der Waals surface area contributed by atoms with Gasteiger partial charge >= 0.3 is 6.18 Å². The van der Waals surface area contributed by atoms with Gasteiger partial charge in [0.15, 0.2) is 11.8 Å². The van der Waals surface area contributed by atoms with Gasteiger partial charge in [0.25, 0.3) is 0 Å². The molecule has 0 aliphatic heterocycles. The molecule has 1 aromatic carbocycles. The van der Waals surface area contributed by atoms with Gasteiger partial charge in [0.1, 0.15) is 0 Å². The van der Waals surface area contributed by atoms with E-state index in [1.165, 1.54) is 12.1 Å². The maximum absolute atomic E-state index is 12.6. The van der Waals surface area contributed by atoms with Crippen LogP contribution in [0.1, 0.15) is 36.2 Å². The lowest BCUT2D eigenvalue weighted by Crippen LogP contribution is -2.37. The lowest BCUT2D eigenvalue weighted by Gasteiger charge is -2.11. The molecule has 2 N–H and O–H groups in total. The fourth-order valence-corrected chi connectivity index (χ4v) is 2.20. The van der Waals surface area contributed by atoms with Crippen LogP contribution in [0.4, 0.5) is 13.2 Å². The van der Waals surface area contributed by atoms with Crippen molar-refractivity contribution in [1.29, 1.82) is 0 Å². The number of benzene rings is 1. The summed E-state index contributed by atoms with van der Waals surface area (Å²) in [6, 6.07) is 5.01. The molecule has 9 heteroatoms. The van der Waals surface area contributed by atoms with E-state index in [2.05, 4.69) is 25.8 Å². The number of guanidine groups is 1. The molecule has 0 fully saturated rings. The van der Waals surface area contributed by atoms with Crippen LogP contribution in [-0.4, -0.2) is 29.2 Å². The van der Waals surface area contributed by atoms with Crippen LogP contribution in [0.5, 0.6) is 0 Å². The zero-order valence-corrected chi connectivity index (χ0v) is 14.7. The smallest absolute Gasteiger partial charge is 0.357 e. The predicted octanol–water partition coefficient (Wildman–Crippen LogP) is 3.08. The van der Waals surface area contributed by atoms with Gasteiger partial charge in [0.05, 0.1) is 12.1 Å². The molecule has 0 atom stereocenters. The van der Waals surface area contributed by atoms with Crippen molar-refractivity contribution in [1.82, 2.24) is 20.8 Å². The monoisotopic (exact) mass is 369 g/mol. The van der Waals surface area contributed by atoms with Crippen molar-refractivity contribution in [3.63, 3.8) is 0 Å². The number of alkyl halides is 3. The molecule has 0 radical (unpaired) electrons. The minimum Gasteiger partial charge on any atom is -0.357 e. The molecule has 0 unspecified atom stereocenters. The lowest BCUT2D eigenvalue weighted by atomic mass is 10.1. The maximum Gasteiger partial charge on any atom is 0.416 e. The average Bonchev–Trinajstić information content (AvgIpc) is 3.01. The normalized spacial score (nSPS) is 12.3. The quantitative estimate of drug-likeness (QED) is 0.446. The van der Waals surface area contributed by atoms with Gasteiger partial charge in [-0.2, -0.15) is 18.2 Å². The highest BCUT2D eigenvalue weighted by atomic mass is 19.4. The molecule has 0 aliphatic rings. The fraction of sp³-hybridized carbons (Fsp3) is 0.471. The van der Waals surface area contributed by atoms with Crippen LogP contribution < -0.4 is 10.6 Å². The van der Waals surface area contributed by atoms with Crippen LogP contribution in [-0.2, 0) is 19.1 Å². The first-order valence-electron chi connectivity index (χ1n) is 8.36. The number of hydrogen-bond acceptors (Lipinski definition) is 4. The summed E-state index contributed by atoms with van der Waals surface area (Å²) >= 11 is 0. The number of rotatable bonds is 7. The van der Waals surface area contributed by atoms with Gasteiger partial charge in [0.2, 0.25) is 5.89 Å². The van der Waals surface area contributed by atoms with Crippen molar-refractivity contribution in [3.05, 3.63) is 47.1 Å². The summed E-state index contributed by atoms with van der Waals surface area (Å²) in [6.07, 6.45) is -2.88. The molecule has 0 bridgehead atoms. The van der Waals surface area contributed by atoms with Gasteiger partial charge in [-0.15, -0.1) is 0 Å². The van der Waals surface area contributed by atoms with E-state index >= 15 is 0 Å². The number of nitrogens with one attached hydrogen (secondary N) is 2. The summed E-state index contributed by atoms with van der Waals surface area (Å²) in [5, 5.41) is 10.0. The van der Waals surface area contributed by atoms with E-state index in [1.54, 1.807) is 6.92 Å². The molecular formula is C17H22F3N5O. The van der Waals surface area contributed by atoms with Crippen LogP contribution in [0.3, 0.4) is 0 Å². The van der Waals surface area contributed by atoms with E-state index in [9.17, 15) is 13.2 Å². The SMILES string of the molecule is CCNC(=NCc1ccc(C(F)(F)F)cc1)NCCCc1nc(C)no1. The Balaban J connectivity index is 1.83. The number of hydrogen-bond donors (Lipinski definition) is 2. The molecule has 0 saturated carbocycles. The maximum atomic E-state index is 12.6. The van der Waals surface area contributed by atoms with Crippen molar-refractivity contribution in [2.24, 2.45) is 4.99 Å². The topological polar surface area (TPSA) is 75.3 Å². The molecular weight excluding hydrogens is 347 g/mol. The van der Waals surface area contributed by atoms with Gasteiger partial charge in [-0.05, 0) is 38.0 Å². The average molecular weight is 369 g/mol. The molecule has 142 valence electrons. The molecule has 2 rings (SSSR count). The van der Waals surface area contributed by atoms with E-state index in [0.29, 0.717) is 42.7 Å². The highest BCUT2D eigenvalue weighted by Crippen LogP contribution is 2.29. The number of aromatic nitrogens is 2. The third kappa shape index (κ3) is 6.38. The molecule has 0 aliphatic carbocycles. The van der Waals surface area contributed by atoms with Gasteiger partial charge in [-0.1, -0.05) is 17.3 Å². The predicted molar refractivity (Wildman–Crippen MR) is 91.6 cm³/mol. The van der Waals surface area contributed by atoms with Crippen LogP contribution in [0.25, 0.3) is 0 Å². The highest BCUT2D eigenvalue weighted by Gasteiger charge is 2.29. The first-order valence-corrected chi connectivity index (χ1v) is 8.36. The zero-order valence-electron chi connectivity index (χ0n) is 14.7. The number of halogens is 3. The highest BCUT2D eigenvalue weighted by molar-refractivity contribution is 5.79. The van der Waals surface area contributed by atoms with Crippen molar-refractivity contribution in [2.75, 3.05) is 13.1 Å². The molecule has 0 spiro atoms. The van der Waals surface area contributed by atoms with E-state index in [1.807, 2.05) is 6.92 Å². The van der Waals surface area contributed by atoms with Gasteiger partial charge < -0.3 is 15.2 Å². The van der Waals surface area contributed by atoms with Crippen molar-refractivity contribution in [3.8, 4) is 0 Å². The summed E-state index contributed by atoms with van der Waals surface area (Å²) < 4.78 is 42.7. The summed E-state index contributed by atoms with van der Waals surface area (Å²) in [5.41, 5.74) is 0.0445. The van der Waals surface area contributed by atoms with Gasteiger partial charge in [-0.3, -0.25) is 0 Å². The van der Waals surface area contributed by atoms with Crippen LogP contribution in [0.2, 0.25) is 0 Å². The largest absolute Gasteiger partial charge is 0.416 e. The number of aryl methyl sites for hydroxylation is 2. The molecule has 0 saturated heterocycles. The lowest BCUT2D eigenvalue weighted by molar-refractivity contribution is -0.137. The van der Waals surface area contributed by atoms with E-state index in [-0.39, 0.29) is 6.54 Å². The Kier molecular flexibility index (Phi) is 6.99. The summed E-state index contributed by atoms with van der Waals surface area (Å²) in [5.74, 6) is 1.81. The number of nitrogens with zero attached hydrogens (tertiary/aromatic N) is 3. The molecule has 6 nitrogen and oxygen atoms in total. The molecule has 0 amide bonds. The Morgan fingerprint density at radius 1 is 1.19 bits per heavy atom. The Hall–Kier alpha value is -2.58. The Labute approximate surface area is 149 Å². The Morgan fingerprint density at radius 2 is 1.92 bits per heavy atom. The summed E-state index contributed by atoms with van der Waals surface area (Å²) in [7, 11) is 0. The molecule has 1 heterocycles. The summed E-state index contributed by atoms with van der Waals surface area (Å²) in [4.78, 5) is 8.52. The van der Waals surface area contributed by atoms with E-state index < -0.39 is 11.7 Å². The van der Waals surface area contributed by atoms with E-state index in [0.717, 1.165) is 18.6 Å². The van der Waals surface area contributed by atoms with Crippen molar-refractivity contribution < 1.29 is 17.7 Å². The standard InChI is InChI=1S/C17H22F3N5O/c1-3-21-16(22-10-4-5-15-24-12(2)25-26-15)23-11-13-6-8-14(9-7-13)17(18,19)20/h6-9H,3-5,10-11H2,1-2H3,(H2,21,22,23). The number of aliphatic imine (C=N–C) groups is 1. The van der Waals surface area contributed by atoms with Gasteiger partial charge in [-0.25, -0.2) is 4.99 Å². The van der Waals surface area contributed by atoms with Crippen LogP contribution >= 0.6 is 0 Å². The minimum absolute atomic E-state index is 0.288.